The van der Waals surface area contributed by atoms with Crippen LogP contribution in [0.1, 0.15) is 43.2 Å². The van der Waals surface area contributed by atoms with E-state index in [2.05, 4.69) is 18.3 Å². The Kier molecular flexibility index (Phi) is 3.99. The van der Waals surface area contributed by atoms with Crippen molar-refractivity contribution in [2.75, 3.05) is 0 Å². The van der Waals surface area contributed by atoms with Gasteiger partial charge in [-0.3, -0.25) is 4.79 Å². The molecule has 18 heavy (non-hydrogen) atoms. The summed E-state index contributed by atoms with van der Waals surface area (Å²) < 4.78 is 0. The molecule has 0 aromatic heterocycles. The van der Waals surface area contributed by atoms with Gasteiger partial charge in [0.05, 0.1) is 12.0 Å². The minimum Gasteiger partial charge on any atom is -0.353 e. The summed E-state index contributed by atoms with van der Waals surface area (Å²) in [5.74, 6) is -0.349. The fraction of sp³-hybridized carbons (Fsp3) is 0.467. The molecule has 1 aliphatic carbocycles. The minimum absolute atomic E-state index is 0.0105. The van der Waals surface area contributed by atoms with Crippen molar-refractivity contribution in [3.63, 3.8) is 0 Å². The minimum atomic E-state index is -0.338. The Bertz CT molecular complexity index is 454. The molecular formula is C15H18N2O. The van der Waals surface area contributed by atoms with E-state index >= 15 is 0 Å². The molecule has 3 heteroatoms. The molecular weight excluding hydrogens is 224 g/mol. The van der Waals surface area contributed by atoms with Gasteiger partial charge in [0.1, 0.15) is 0 Å². The second kappa shape index (κ2) is 5.68. The molecule has 1 fully saturated rings. The van der Waals surface area contributed by atoms with Gasteiger partial charge in [0.2, 0.25) is 5.91 Å². The van der Waals surface area contributed by atoms with Crippen molar-refractivity contribution in [2.45, 2.75) is 44.6 Å². The first-order chi connectivity index (χ1) is 8.72. The summed E-state index contributed by atoms with van der Waals surface area (Å²) in [6.07, 6.45) is 3.40. The summed E-state index contributed by atoms with van der Waals surface area (Å²) in [6, 6.07) is 10.5. The zero-order valence-electron chi connectivity index (χ0n) is 10.6. The van der Waals surface area contributed by atoms with Crippen molar-refractivity contribution in [1.29, 1.82) is 5.26 Å². The number of amides is 1. The lowest BCUT2D eigenvalue weighted by Gasteiger charge is -2.10. The molecule has 0 aliphatic heterocycles. The predicted molar refractivity (Wildman–Crippen MR) is 70.0 cm³/mol. The molecule has 1 saturated carbocycles. The molecule has 1 aromatic carbocycles. The fourth-order valence-electron chi connectivity index (χ4n) is 1.92. The van der Waals surface area contributed by atoms with Gasteiger partial charge in [0.15, 0.2) is 0 Å². The van der Waals surface area contributed by atoms with Crippen LogP contribution in [0, 0.1) is 11.3 Å². The number of aryl methyl sites for hydroxylation is 1. The summed E-state index contributed by atoms with van der Waals surface area (Å²) in [6.45, 7) is 2.10. The lowest BCUT2D eigenvalue weighted by atomic mass is 9.95. The highest BCUT2D eigenvalue weighted by Gasteiger charge is 2.24. The van der Waals surface area contributed by atoms with E-state index in [4.69, 9.17) is 0 Å². The maximum absolute atomic E-state index is 11.7. The van der Waals surface area contributed by atoms with Gasteiger partial charge in [0.25, 0.3) is 0 Å². The van der Waals surface area contributed by atoms with Crippen LogP contribution in [-0.2, 0) is 11.2 Å². The topological polar surface area (TPSA) is 52.9 Å². The molecule has 0 saturated heterocycles. The van der Waals surface area contributed by atoms with E-state index < -0.39 is 0 Å². The molecule has 0 bridgehead atoms. The van der Waals surface area contributed by atoms with Gasteiger partial charge in [-0.1, -0.05) is 31.2 Å². The van der Waals surface area contributed by atoms with Gasteiger partial charge < -0.3 is 5.32 Å². The first kappa shape index (κ1) is 12.6. The quantitative estimate of drug-likeness (QED) is 0.862. The zero-order chi connectivity index (χ0) is 13.0. The Morgan fingerprint density at radius 1 is 1.44 bits per heavy atom. The summed E-state index contributed by atoms with van der Waals surface area (Å²) in [5.41, 5.74) is 2.18. The van der Waals surface area contributed by atoms with Gasteiger partial charge >= 0.3 is 0 Å². The van der Waals surface area contributed by atoms with Crippen molar-refractivity contribution in [3.05, 3.63) is 35.4 Å². The van der Waals surface area contributed by atoms with Crippen LogP contribution >= 0.6 is 0 Å². The lowest BCUT2D eigenvalue weighted by Crippen LogP contribution is -2.26. The Labute approximate surface area is 108 Å². The van der Waals surface area contributed by atoms with Crippen molar-refractivity contribution < 1.29 is 4.79 Å². The van der Waals surface area contributed by atoms with Gasteiger partial charge in [-0.15, -0.1) is 0 Å². The average Bonchev–Trinajstić information content (AvgIpc) is 3.20. The third kappa shape index (κ3) is 3.33. The number of hydrogen-bond donors (Lipinski definition) is 1. The summed E-state index contributed by atoms with van der Waals surface area (Å²) in [7, 11) is 0. The third-order valence-electron chi connectivity index (χ3n) is 3.28. The standard InChI is InChI=1S/C15H18N2O/c1-2-11-3-5-12(6-4-11)13(10-16)9-15(18)17-14-7-8-14/h3-6,13-14H,2,7-9H2,1H3,(H,17,18). The van der Waals surface area contributed by atoms with Crippen LogP contribution < -0.4 is 5.32 Å². The second-order valence-corrected chi connectivity index (χ2v) is 4.82. The average molecular weight is 242 g/mol. The number of nitriles is 1. The SMILES string of the molecule is CCc1ccc(C(C#N)CC(=O)NC2CC2)cc1. The van der Waals surface area contributed by atoms with E-state index in [1.807, 2.05) is 24.3 Å². The second-order valence-electron chi connectivity index (χ2n) is 4.82. The van der Waals surface area contributed by atoms with Gasteiger partial charge in [-0.25, -0.2) is 0 Å². The lowest BCUT2D eigenvalue weighted by molar-refractivity contribution is -0.121. The summed E-state index contributed by atoms with van der Waals surface area (Å²) in [5, 5.41) is 12.1. The first-order valence-corrected chi connectivity index (χ1v) is 6.50. The van der Waals surface area contributed by atoms with Crippen LogP contribution in [0.15, 0.2) is 24.3 Å². The maximum atomic E-state index is 11.7. The van der Waals surface area contributed by atoms with E-state index in [-0.39, 0.29) is 18.2 Å². The Balaban J connectivity index is 1.98. The molecule has 94 valence electrons. The van der Waals surface area contributed by atoms with Crippen molar-refractivity contribution in [2.24, 2.45) is 0 Å². The van der Waals surface area contributed by atoms with E-state index in [0.717, 1.165) is 24.8 Å². The third-order valence-corrected chi connectivity index (χ3v) is 3.28. The number of carbonyl (C=O) groups excluding carboxylic acids is 1. The number of rotatable bonds is 5. The zero-order valence-corrected chi connectivity index (χ0v) is 10.6. The number of nitrogens with zero attached hydrogens (tertiary/aromatic N) is 1. The molecule has 0 heterocycles. The normalized spacial score (nSPS) is 15.8. The Hall–Kier alpha value is -1.82. The highest BCUT2D eigenvalue weighted by atomic mass is 16.1. The van der Waals surface area contributed by atoms with Crippen molar-refractivity contribution in [1.82, 2.24) is 5.32 Å². The highest BCUT2D eigenvalue weighted by Crippen LogP contribution is 2.22. The molecule has 1 aromatic rings. The van der Waals surface area contributed by atoms with Crippen molar-refractivity contribution in [3.8, 4) is 6.07 Å². The maximum Gasteiger partial charge on any atom is 0.221 e. The van der Waals surface area contributed by atoms with Crippen LogP contribution in [0.3, 0.4) is 0 Å². The molecule has 1 N–H and O–H groups in total. The largest absolute Gasteiger partial charge is 0.353 e. The monoisotopic (exact) mass is 242 g/mol. The van der Waals surface area contributed by atoms with Crippen LogP contribution in [0.4, 0.5) is 0 Å². The molecule has 1 aliphatic rings. The number of carbonyl (C=O) groups is 1. The van der Waals surface area contributed by atoms with E-state index in [0.29, 0.717) is 6.04 Å². The molecule has 0 spiro atoms. The van der Waals surface area contributed by atoms with Crippen LogP contribution in [-0.4, -0.2) is 11.9 Å². The van der Waals surface area contributed by atoms with E-state index in [9.17, 15) is 10.1 Å². The van der Waals surface area contributed by atoms with Crippen LogP contribution in [0.5, 0.6) is 0 Å². The molecule has 1 atom stereocenters. The molecule has 2 rings (SSSR count). The molecule has 0 radical (unpaired) electrons. The summed E-state index contributed by atoms with van der Waals surface area (Å²) in [4.78, 5) is 11.7. The van der Waals surface area contributed by atoms with Crippen LogP contribution in [0.2, 0.25) is 0 Å². The molecule has 1 unspecified atom stereocenters. The molecule has 1 amide bonds. The molecule has 3 nitrogen and oxygen atoms in total. The van der Waals surface area contributed by atoms with Gasteiger partial charge in [-0.2, -0.15) is 5.26 Å². The highest BCUT2D eigenvalue weighted by molar-refractivity contribution is 5.78. The summed E-state index contributed by atoms with van der Waals surface area (Å²) >= 11 is 0. The number of nitrogens with one attached hydrogen (secondary N) is 1. The predicted octanol–water partition coefficient (Wildman–Crippen LogP) is 2.52. The van der Waals surface area contributed by atoms with E-state index in [1.165, 1.54) is 5.56 Å². The number of hydrogen-bond acceptors (Lipinski definition) is 2. The van der Waals surface area contributed by atoms with Crippen LogP contribution in [0.25, 0.3) is 0 Å². The van der Waals surface area contributed by atoms with Crippen molar-refractivity contribution >= 4 is 5.91 Å². The smallest absolute Gasteiger partial charge is 0.221 e. The first-order valence-electron chi connectivity index (χ1n) is 6.50. The Morgan fingerprint density at radius 3 is 2.61 bits per heavy atom. The Morgan fingerprint density at radius 2 is 2.11 bits per heavy atom. The van der Waals surface area contributed by atoms with E-state index in [1.54, 1.807) is 0 Å². The van der Waals surface area contributed by atoms with Gasteiger partial charge in [-0.05, 0) is 30.4 Å². The van der Waals surface area contributed by atoms with Gasteiger partial charge in [0, 0.05) is 12.5 Å². The number of benzene rings is 1. The fourth-order valence-corrected chi connectivity index (χ4v) is 1.92.